The lowest BCUT2D eigenvalue weighted by molar-refractivity contribution is -0.140. The fourth-order valence-electron chi connectivity index (χ4n) is 2.77. The predicted molar refractivity (Wildman–Crippen MR) is 88.0 cm³/mol. The molecule has 0 aliphatic carbocycles. The molecule has 0 saturated carbocycles. The number of likely N-dealkylation sites (tertiary alicyclic amines) is 1. The van der Waals surface area contributed by atoms with E-state index in [1.165, 1.54) is 11.3 Å². The van der Waals surface area contributed by atoms with Gasteiger partial charge in [-0.3, -0.25) is 9.59 Å². The monoisotopic (exact) mass is 335 g/mol. The molecule has 1 aliphatic rings. The van der Waals surface area contributed by atoms with E-state index in [1.54, 1.807) is 23.3 Å². The van der Waals surface area contributed by atoms with Gasteiger partial charge in [-0.15, -0.1) is 22.7 Å². The van der Waals surface area contributed by atoms with Crippen molar-refractivity contribution in [2.75, 3.05) is 12.4 Å². The molecule has 1 saturated heterocycles. The number of hydrogen-bond acceptors (Lipinski definition) is 5. The molecule has 2 aromatic heterocycles. The Morgan fingerprint density at radius 2 is 2.27 bits per heavy atom. The van der Waals surface area contributed by atoms with Gasteiger partial charge in [0.1, 0.15) is 0 Å². The van der Waals surface area contributed by atoms with Crippen LogP contribution in [0.15, 0.2) is 22.9 Å². The Labute approximate surface area is 137 Å². The number of amides is 2. The second kappa shape index (κ2) is 6.18. The van der Waals surface area contributed by atoms with Crippen molar-refractivity contribution in [2.24, 2.45) is 5.92 Å². The van der Waals surface area contributed by atoms with Crippen molar-refractivity contribution in [3.63, 3.8) is 0 Å². The molecule has 22 heavy (non-hydrogen) atoms. The van der Waals surface area contributed by atoms with Crippen molar-refractivity contribution < 1.29 is 9.59 Å². The van der Waals surface area contributed by atoms with E-state index in [-0.39, 0.29) is 23.8 Å². The lowest BCUT2D eigenvalue weighted by atomic mass is 9.87. The molecule has 1 N–H and O–H groups in total. The molecule has 7 heteroatoms. The van der Waals surface area contributed by atoms with Gasteiger partial charge in [0.2, 0.25) is 11.8 Å². The average molecular weight is 335 g/mol. The summed E-state index contributed by atoms with van der Waals surface area (Å²) >= 11 is 3.00. The smallest absolute Gasteiger partial charge is 0.231 e. The number of rotatable bonds is 3. The molecule has 5 nitrogen and oxygen atoms in total. The summed E-state index contributed by atoms with van der Waals surface area (Å²) in [5.74, 6) is -0.217. The number of anilines is 1. The van der Waals surface area contributed by atoms with Crippen LogP contribution in [0.25, 0.3) is 0 Å². The minimum absolute atomic E-state index is 0.0629. The summed E-state index contributed by atoms with van der Waals surface area (Å²) in [6.45, 7) is 1.90. The number of thiazole rings is 1. The maximum absolute atomic E-state index is 12.7. The SMILES string of the molecule is Cc1csc(NC(=O)[C@@H]2CCC(=O)N(C)[C@@H]2c2cccs2)n1. The molecule has 116 valence electrons. The molecule has 0 aromatic carbocycles. The van der Waals surface area contributed by atoms with E-state index in [9.17, 15) is 9.59 Å². The van der Waals surface area contributed by atoms with E-state index in [0.29, 0.717) is 18.0 Å². The Balaban J connectivity index is 1.83. The van der Waals surface area contributed by atoms with Crippen LogP contribution < -0.4 is 5.32 Å². The zero-order valence-electron chi connectivity index (χ0n) is 12.4. The van der Waals surface area contributed by atoms with Crippen LogP contribution >= 0.6 is 22.7 Å². The highest BCUT2D eigenvalue weighted by atomic mass is 32.1. The lowest BCUT2D eigenvalue weighted by Gasteiger charge is -2.37. The first-order chi connectivity index (χ1) is 10.6. The highest BCUT2D eigenvalue weighted by Crippen LogP contribution is 2.38. The average Bonchev–Trinajstić information content (AvgIpc) is 3.13. The molecular formula is C15H17N3O2S2. The molecule has 0 spiro atoms. The van der Waals surface area contributed by atoms with Crippen LogP contribution in [0.3, 0.4) is 0 Å². The molecule has 2 aromatic rings. The first-order valence-corrected chi connectivity index (χ1v) is 8.84. The second-order valence-electron chi connectivity index (χ2n) is 5.39. The van der Waals surface area contributed by atoms with E-state index in [4.69, 9.17) is 0 Å². The number of carbonyl (C=O) groups is 2. The Hall–Kier alpha value is -1.73. The van der Waals surface area contributed by atoms with E-state index in [0.717, 1.165) is 10.6 Å². The molecule has 2 atom stereocenters. The van der Waals surface area contributed by atoms with Crippen LogP contribution in [0, 0.1) is 12.8 Å². The van der Waals surface area contributed by atoms with Crippen LogP contribution in [-0.4, -0.2) is 28.7 Å². The minimum Gasteiger partial charge on any atom is -0.337 e. The second-order valence-corrected chi connectivity index (χ2v) is 7.23. The first kappa shape index (κ1) is 15.2. The largest absolute Gasteiger partial charge is 0.337 e. The summed E-state index contributed by atoms with van der Waals surface area (Å²) < 4.78 is 0. The van der Waals surface area contributed by atoms with Gasteiger partial charge in [0.25, 0.3) is 0 Å². The third-order valence-corrected chi connectivity index (χ3v) is 5.70. The first-order valence-electron chi connectivity index (χ1n) is 7.08. The maximum Gasteiger partial charge on any atom is 0.231 e. The third kappa shape index (κ3) is 2.91. The molecule has 3 heterocycles. The van der Waals surface area contributed by atoms with Gasteiger partial charge in [0.15, 0.2) is 5.13 Å². The van der Waals surface area contributed by atoms with Crippen molar-refractivity contribution in [3.8, 4) is 0 Å². The van der Waals surface area contributed by atoms with E-state index in [2.05, 4.69) is 10.3 Å². The zero-order chi connectivity index (χ0) is 15.7. The predicted octanol–water partition coefficient (Wildman–Crippen LogP) is 3.06. The van der Waals surface area contributed by atoms with Gasteiger partial charge in [0, 0.05) is 23.7 Å². The minimum atomic E-state index is -0.245. The fraction of sp³-hybridized carbons (Fsp3) is 0.400. The molecule has 0 radical (unpaired) electrons. The van der Waals surface area contributed by atoms with Gasteiger partial charge in [-0.2, -0.15) is 0 Å². The van der Waals surface area contributed by atoms with Crippen LogP contribution in [0.4, 0.5) is 5.13 Å². The van der Waals surface area contributed by atoms with Crippen LogP contribution in [-0.2, 0) is 9.59 Å². The van der Waals surface area contributed by atoms with Crippen LogP contribution in [0.2, 0.25) is 0 Å². The van der Waals surface area contributed by atoms with Gasteiger partial charge < -0.3 is 10.2 Å². The molecule has 1 fully saturated rings. The number of aryl methyl sites for hydroxylation is 1. The van der Waals surface area contributed by atoms with Crippen molar-refractivity contribution in [1.29, 1.82) is 0 Å². The van der Waals surface area contributed by atoms with E-state index in [1.807, 2.05) is 29.8 Å². The van der Waals surface area contributed by atoms with Crippen molar-refractivity contribution >= 4 is 39.6 Å². The lowest BCUT2D eigenvalue weighted by Crippen LogP contribution is -2.44. The van der Waals surface area contributed by atoms with Crippen molar-refractivity contribution in [2.45, 2.75) is 25.8 Å². The molecule has 1 aliphatic heterocycles. The Bertz CT molecular complexity index is 681. The number of nitrogens with zero attached hydrogens (tertiary/aromatic N) is 2. The molecule has 2 amide bonds. The van der Waals surface area contributed by atoms with Crippen molar-refractivity contribution in [3.05, 3.63) is 33.5 Å². The standard InChI is InChI=1S/C15H17N3O2S2/c1-9-8-22-15(16-9)17-14(20)10-5-6-12(19)18(2)13(10)11-4-3-7-21-11/h3-4,7-8,10,13H,5-6H2,1-2H3,(H,16,17,20)/t10-,13+/m1/s1. The maximum atomic E-state index is 12.7. The molecule has 0 unspecified atom stereocenters. The van der Waals surface area contributed by atoms with Crippen LogP contribution in [0.1, 0.15) is 29.5 Å². The van der Waals surface area contributed by atoms with Crippen LogP contribution in [0.5, 0.6) is 0 Å². The van der Waals surface area contributed by atoms with Gasteiger partial charge in [-0.1, -0.05) is 6.07 Å². The molecular weight excluding hydrogens is 318 g/mol. The summed E-state index contributed by atoms with van der Waals surface area (Å²) in [6, 6.07) is 3.74. The van der Waals surface area contributed by atoms with Gasteiger partial charge in [-0.05, 0) is 24.8 Å². The third-order valence-electron chi connectivity index (χ3n) is 3.88. The number of carbonyl (C=O) groups excluding carboxylic acids is 2. The summed E-state index contributed by atoms with van der Waals surface area (Å²) in [5.41, 5.74) is 0.894. The number of hydrogen-bond donors (Lipinski definition) is 1. The Morgan fingerprint density at radius 3 is 2.91 bits per heavy atom. The summed E-state index contributed by atoms with van der Waals surface area (Å²) in [5, 5.41) is 7.39. The van der Waals surface area contributed by atoms with Gasteiger partial charge in [0.05, 0.1) is 17.7 Å². The molecule has 3 rings (SSSR count). The highest BCUT2D eigenvalue weighted by Gasteiger charge is 2.39. The highest BCUT2D eigenvalue weighted by molar-refractivity contribution is 7.14. The number of nitrogens with one attached hydrogen (secondary N) is 1. The zero-order valence-corrected chi connectivity index (χ0v) is 14.0. The van der Waals surface area contributed by atoms with E-state index >= 15 is 0 Å². The number of piperidine rings is 1. The summed E-state index contributed by atoms with van der Waals surface area (Å²) in [4.78, 5) is 31.7. The summed E-state index contributed by atoms with van der Waals surface area (Å²) in [7, 11) is 1.78. The van der Waals surface area contributed by atoms with Gasteiger partial charge in [-0.25, -0.2) is 4.98 Å². The number of aromatic nitrogens is 1. The van der Waals surface area contributed by atoms with Crippen molar-refractivity contribution in [1.82, 2.24) is 9.88 Å². The Morgan fingerprint density at radius 1 is 1.45 bits per heavy atom. The Kier molecular flexibility index (Phi) is 4.26. The fourth-order valence-corrected chi connectivity index (χ4v) is 4.40. The topological polar surface area (TPSA) is 62.3 Å². The number of thiophene rings is 1. The summed E-state index contributed by atoms with van der Waals surface area (Å²) in [6.07, 6.45) is 0.981. The van der Waals surface area contributed by atoms with E-state index < -0.39 is 0 Å². The molecule has 0 bridgehead atoms. The quantitative estimate of drug-likeness (QED) is 0.938. The normalized spacial score (nSPS) is 21.9. The van der Waals surface area contributed by atoms with Gasteiger partial charge >= 0.3 is 0 Å².